The Kier molecular flexibility index (Phi) is 5.28. The van der Waals surface area contributed by atoms with Crippen molar-refractivity contribution in [1.29, 1.82) is 0 Å². The van der Waals surface area contributed by atoms with Crippen LogP contribution in [0.2, 0.25) is 0 Å². The molecule has 3 aromatic rings. The number of rotatable bonds is 6. The van der Waals surface area contributed by atoms with Crippen LogP contribution in [-0.4, -0.2) is 25.6 Å². The Balaban J connectivity index is 1.82. The molecular weight excluding hydrogens is 354 g/mol. The van der Waals surface area contributed by atoms with E-state index in [1.165, 1.54) is 24.8 Å². The predicted molar refractivity (Wildman–Crippen MR) is 98.3 cm³/mol. The van der Waals surface area contributed by atoms with E-state index in [0.29, 0.717) is 22.2 Å². The lowest BCUT2D eigenvalue weighted by Gasteiger charge is -2.09. The maximum absolute atomic E-state index is 11.2. The van der Waals surface area contributed by atoms with Gasteiger partial charge in [-0.25, -0.2) is 0 Å². The number of nitrogens with zero attached hydrogens (tertiary/aromatic N) is 4. The fraction of sp³-hybridized carbons (Fsp3) is 0.118. The summed E-state index contributed by atoms with van der Waals surface area (Å²) in [7, 11) is 0. The molecule has 1 heterocycles. The predicted octanol–water partition coefficient (Wildman–Crippen LogP) is 3.43. The highest BCUT2D eigenvalue weighted by molar-refractivity contribution is 7.98. The molecule has 9 heteroatoms. The first kappa shape index (κ1) is 17.6. The SMILES string of the molecule is CC(=O)Nc1cccc(-n2cnnc2SCc2ccccc2[N+](=O)[O-])c1. The van der Waals surface area contributed by atoms with Crippen LogP contribution in [0.15, 0.2) is 60.0 Å². The van der Waals surface area contributed by atoms with E-state index in [4.69, 9.17) is 0 Å². The summed E-state index contributed by atoms with van der Waals surface area (Å²) < 4.78 is 1.77. The summed E-state index contributed by atoms with van der Waals surface area (Å²) in [6.07, 6.45) is 1.56. The van der Waals surface area contributed by atoms with E-state index in [9.17, 15) is 14.9 Å². The smallest absolute Gasteiger partial charge is 0.273 e. The van der Waals surface area contributed by atoms with E-state index >= 15 is 0 Å². The Morgan fingerprint density at radius 1 is 1.27 bits per heavy atom. The third-order valence-corrected chi connectivity index (χ3v) is 4.50. The van der Waals surface area contributed by atoms with E-state index in [2.05, 4.69) is 15.5 Å². The summed E-state index contributed by atoms with van der Waals surface area (Å²) in [5.74, 6) is 0.234. The molecule has 1 amide bonds. The first-order valence-electron chi connectivity index (χ1n) is 7.68. The molecule has 0 radical (unpaired) electrons. The van der Waals surface area contributed by atoms with Crippen molar-refractivity contribution in [2.24, 2.45) is 0 Å². The number of nitrogens with one attached hydrogen (secondary N) is 1. The molecule has 0 bridgehead atoms. The third-order valence-electron chi connectivity index (χ3n) is 3.51. The summed E-state index contributed by atoms with van der Waals surface area (Å²) in [5.41, 5.74) is 2.15. The molecule has 132 valence electrons. The van der Waals surface area contributed by atoms with Crippen LogP contribution < -0.4 is 5.32 Å². The van der Waals surface area contributed by atoms with Gasteiger partial charge in [-0.05, 0) is 18.2 Å². The number of para-hydroxylation sites is 1. The zero-order chi connectivity index (χ0) is 18.5. The first-order valence-corrected chi connectivity index (χ1v) is 8.66. The van der Waals surface area contributed by atoms with Gasteiger partial charge in [0.25, 0.3) is 5.69 Å². The number of hydrogen-bond donors (Lipinski definition) is 1. The van der Waals surface area contributed by atoms with Gasteiger partial charge in [-0.15, -0.1) is 10.2 Å². The van der Waals surface area contributed by atoms with Gasteiger partial charge in [-0.1, -0.05) is 36.0 Å². The van der Waals surface area contributed by atoms with Crippen LogP contribution in [0, 0.1) is 10.1 Å². The lowest BCUT2D eigenvalue weighted by atomic mass is 10.2. The Morgan fingerprint density at radius 3 is 2.85 bits per heavy atom. The van der Waals surface area contributed by atoms with Gasteiger partial charge in [-0.2, -0.15) is 0 Å². The van der Waals surface area contributed by atoms with Gasteiger partial charge < -0.3 is 5.32 Å². The summed E-state index contributed by atoms with van der Waals surface area (Å²) in [4.78, 5) is 22.0. The number of aromatic nitrogens is 3. The zero-order valence-electron chi connectivity index (χ0n) is 13.8. The van der Waals surface area contributed by atoms with Gasteiger partial charge in [-0.3, -0.25) is 19.5 Å². The van der Waals surface area contributed by atoms with Crippen LogP contribution in [0.5, 0.6) is 0 Å². The van der Waals surface area contributed by atoms with Crippen LogP contribution in [0.25, 0.3) is 5.69 Å². The number of nitro benzene ring substituents is 1. The normalized spacial score (nSPS) is 10.5. The van der Waals surface area contributed by atoms with E-state index < -0.39 is 4.92 Å². The van der Waals surface area contributed by atoms with Crippen LogP contribution in [-0.2, 0) is 10.5 Å². The lowest BCUT2D eigenvalue weighted by molar-refractivity contribution is -0.385. The van der Waals surface area contributed by atoms with Crippen molar-refractivity contribution in [3.8, 4) is 5.69 Å². The number of amides is 1. The standard InChI is InChI=1S/C17H15N5O3S/c1-12(23)19-14-6-4-7-15(9-14)21-11-18-20-17(21)26-10-13-5-2-3-8-16(13)22(24)25/h2-9,11H,10H2,1H3,(H,19,23). The zero-order valence-corrected chi connectivity index (χ0v) is 14.6. The number of carbonyl (C=O) groups is 1. The fourth-order valence-corrected chi connectivity index (χ4v) is 3.32. The monoisotopic (exact) mass is 369 g/mol. The third kappa shape index (κ3) is 4.06. The van der Waals surface area contributed by atoms with Crippen molar-refractivity contribution in [1.82, 2.24) is 14.8 Å². The molecule has 0 unspecified atom stereocenters. The Bertz CT molecular complexity index is 957. The van der Waals surface area contributed by atoms with Gasteiger partial charge in [0.05, 0.1) is 10.6 Å². The summed E-state index contributed by atoms with van der Waals surface area (Å²) in [5, 5.41) is 22.5. The second-order valence-corrected chi connectivity index (χ2v) is 6.33. The van der Waals surface area contributed by atoms with Crippen molar-refractivity contribution in [2.75, 3.05) is 5.32 Å². The summed E-state index contributed by atoms with van der Waals surface area (Å²) in [6, 6.07) is 13.9. The number of thioether (sulfide) groups is 1. The van der Waals surface area contributed by atoms with Gasteiger partial charge in [0, 0.05) is 30.0 Å². The maximum Gasteiger partial charge on any atom is 0.273 e. The average molecular weight is 369 g/mol. The maximum atomic E-state index is 11.2. The van der Waals surface area contributed by atoms with Crippen LogP contribution >= 0.6 is 11.8 Å². The fourth-order valence-electron chi connectivity index (χ4n) is 2.39. The van der Waals surface area contributed by atoms with Crippen molar-refractivity contribution in [2.45, 2.75) is 17.8 Å². The molecule has 0 aliphatic rings. The van der Waals surface area contributed by atoms with Crippen LogP contribution in [0.4, 0.5) is 11.4 Å². The van der Waals surface area contributed by atoms with Crippen molar-refractivity contribution >= 4 is 29.0 Å². The molecule has 0 spiro atoms. The second-order valence-electron chi connectivity index (χ2n) is 5.39. The number of anilines is 1. The van der Waals surface area contributed by atoms with Gasteiger partial charge in [0.2, 0.25) is 5.91 Å². The highest BCUT2D eigenvalue weighted by Crippen LogP contribution is 2.28. The minimum atomic E-state index is -0.391. The molecular formula is C17H15N5O3S. The van der Waals surface area contributed by atoms with E-state index in [1.807, 2.05) is 12.1 Å². The van der Waals surface area contributed by atoms with Crippen LogP contribution in [0.1, 0.15) is 12.5 Å². The minimum Gasteiger partial charge on any atom is -0.326 e. The van der Waals surface area contributed by atoms with E-state index in [1.54, 1.807) is 41.2 Å². The average Bonchev–Trinajstić information content (AvgIpc) is 3.08. The highest BCUT2D eigenvalue weighted by Gasteiger charge is 2.15. The Hall–Kier alpha value is -3.20. The molecule has 1 aromatic heterocycles. The van der Waals surface area contributed by atoms with E-state index in [-0.39, 0.29) is 11.6 Å². The molecule has 2 aromatic carbocycles. The van der Waals surface area contributed by atoms with Gasteiger partial charge in [0.15, 0.2) is 5.16 Å². The molecule has 8 nitrogen and oxygen atoms in total. The van der Waals surface area contributed by atoms with Gasteiger partial charge in [0.1, 0.15) is 6.33 Å². The molecule has 1 N–H and O–H groups in total. The van der Waals surface area contributed by atoms with E-state index in [0.717, 1.165) is 5.69 Å². The Labute approximate surface area is 153 Å². The molecule has 26 heavy (non-hydrogen) atoms. The largest absolute Gasteiger partial charge is 0.326 e. The topological polar surface area (TPSA) is 103 Å². The van der Waals surface area contributed by atoms with Crippen molar-refractivity contribution in [3.05, 3.63) is 70.5 Å². The summed E-state index contributed by atoms with van der Waals surface area (Å²) in [6.45, 7) is 1.44. The Morgan fingerprint density at radius 2 is 2.08 bits per heavy atom. The quantitative estimate of drug-likeness (QED) is 0.406. The van der Waals surface area contributed by atoms with Crippen LogP contribution in [0.3, 0.4) is 0 Å². The highest BCUT2D eigenvalue weighted by atomic mass is 32.2. The molecule has 0 aliphatic carbocycles. The molecule has 0 saturated heterocycles. The van der Waals surface area contributed by atoms with Crippen molar-refractivity contribution < 1.29 is 9.72 Å². The minimum absolute atomic E-state index is 0.0821. The number of carbonyl (C=O) groups excluding carboxylic acids is 1. The van der Waals surface area contributed by atoms with Crippen molar-refractivity contribution in [3.63, 3.8) is 0 Å². The summed E-state index contributed by atoms with van der Waals surface area (Å²) >= 11 is 1.35. The molecule has 0 aliphatic heterocycles. The molecule has 0 fully saturated rings. The number of hydrogen-bond acceptors (Lipinski definition) is 6. The van der Waals surface area contributed by atoms with Gasteiger partial charge >= 0.3 is 0 Å². The number of nitro groups is 1. The molecule has 3 rings (SSSR count). The lowest BCUT2D eigenvalue weighted by Crippen LogP contribution is -2.06. The molecule has 0 atom stereocenters. The number of benzene rings is 2. The molecule has 0 saturated carbocycles. The second kappa shape index (κ2) is 7.79. The first-order chi connectivity index (χ1) is 12.5.